The SMILES string of the molecule is Cc1ccc(C(O)CCc2ccccc2C)s1. The van der Waals surface area contributed by atoms with Crippen LogP contribution >= 0.6 is 11.3 Å². The quantitative estimate of drug-likeness (QED) is 0.863. The molecule has 2 heteroatoms. The van der Waals surface area contributed by atoms with Crippen LogP contribution in [0.15, 0.2) is 36.4 Å². The van der Waals surface area contributed by atoms with Gasteiger partial charge in [-0.15, -0.1) is 11.3 Å². The first-order valence-corrected chi connectivity index (χ1v) is 6.77. The fourth-order valence-corrected chi connectivity index (χ4v) is 2.86. The summed E-state index contributed by atoms with van der Waals surface area (Å²) in [6, 6.07) is 12.5. The van der Waals surface area contributed by atoms with E-state index < -0.39 is 0 Å². The van der Waals surface area contributed by atoms with Gasteiger partial charge in [0.2, 0.25) is 0 Å². The first-order chi connectivity index (χ1) is 8.16. The summed E-state index contributed by atoms with van der Waals surface area (Å²) in [5, 5.41) is 10.1. The van der Waals surface area contributed by atoms with Gasteiger partial charge >= 0.3 is 0 Å². The minimum atomic E-state index is -0.326. The molecule has 0 fully saturated rings. The van der Waals surface area contributed by atoms with E-state index in [4.69, 9.17) is 0 Å². The van der Waals surface area contributed by atoms with Crippen LogP contribution in [0.3, 0.4) is 0 Å². The number of hydrogen-bond donors (Lipinski definition) is 1. The lowest BCUT2D eigenvalue weighted by Crippen LogP contribution is -1.98. The van der Waals surface area contributed by atoms with Crippen molar-refractivity contribution >= 4 is 11.3 Å². The van der Waals surface area contributed by atoms with E-state index >= 15 is 0 Å². The van der Waals surface area contributed by atoms with Gasteiger partial charge in [-0.2, -0.15) is 0 Å². The highest BCUT2D eigenvalue weighted by Gasteiger charge is 2.10. The summed E-state index contributed by atoms with van der Waals surface area (Å²) in [7, 11) is 0. The molecule has 0 aliphatic heterocycles. The highest BCUT2D eigenvalue weighted by molar-refractivity contribution is 7.12. The molecule has 17 heavy (non-hydrogen) atoms. The third-order valence-corrected chi connectivity index (χ3v) is 4.14. The monoisotopic (exact) mass is 246 g/mol. The van der Waals surface area contributed by atoms with Crippen molar-refractivity contribution in [3.05, 3.63) is 57.3 Å². The molecule has 2 aromatic rings. The van der Waals surface area contributed by atoms with Gasteiger partial charge in [0.1, 0.15) is 0 Å². The van der Waals surface area contributed by atoms with E-state index in [9.17, 15) is 5.11 Å². The van der Waals surface area contributed by atoms with Crippen molar-refractivity contribution in [3.8, 4) is 0 Å². The lowest BCUT2D eigenvalue weighted by atomic mass is 10.0. The Kier molecular flexibility index (Phi) is 3.97. The van der Waals surface area contributed by atoms with E-state index in [1.54, 1.807) is 11.3 Å². The predicted octanol–water partition coefficient (Wildman–Crippen LogP) is 4.03. The second-order valence-corrected chi connectivity index (χ2v) is 5.75. The molecule has 1 heterocycles. The molecule has 1 aromatic heterocycles. The predicted molar refractivity (Wildman–Crippen MR) is 73.5 cm³/mol. The van der Waals surface area contributed by atoms with Gasteiger partial charge < -0.3 is 5.11 Å². The van der Waals surface area contributed by atoms with Crippen LogP contribution in [0.2, 0.25) is 0 Å². The second kappa shape index (κ2) is 5.48. The second-order valence-electron chi connectivity index (χ2n) is 4.43. The highest BCUT2D eigenvalue weighted by atomic mass is 32.1. The fraction of sp³-hybridized carbons (Fsp3) is 0.333. The van der Waals surface area contributed by atoms with E-state index in [1.165, 1.54) is 16.0 Å². The minimum absolute atomic E-state index is 0.326. The summed E-state index contributed by atoms with van der Waals surface area (Å²) >= 11 is 1.69. The van der Waals surface area contributed by atoms with Crippen molar-refractivity contribution < 1.29 is 5.11 Å². The van der Waals surface area contributed by atoms with Crippen LogP contribution in [0.4, 0.5) is 0 Å². The van der Waals surface area contributed by atoms with Crippen LogP contribution in [-0.2, 0) is 6.42 Å². The van der Waals surface area contributed by atoms with Crippen LogP contribution in [-0.4, -0.2) is 5.11 Å². The average Bonchev–Trinajstić information content (AvgIpc) is 2.74. The molecule has 0 aliphatic rings. The minimum Gasteiger partial charge on any atom is -0.388 e. The van der Waals surface area contributed by atoms with Crippen molar-refractivity contribution in [2.45, 2.75) is 32.8 Å². The first kappa shape index (κ1) is 12.3. The maximum Gasteiger partial charge on any atom is 0.0885 e. The average molecular weight is 246 g/mol. The van der Waals surface area contributed by atoms with Gasteiger partial charge in [0, 0.05) is 9.75 Å². The van der Waals surface area contributed by atoms with E-state index in [-0.39, 0.29) is 6.10 Å². The van der Waals surface area contributed by atoms with E-state index in [0.29, 0.717) is 0 Å². The van der Waals surface area contributed by atoms with Gasteiger partial charge in [0.25, 0.3) is 0 Å². The first-order valence-electron chi connectivity index (χ1n) is 5.95. The Balaban J connectivity index is 1.97. The third-order valence-electron chi connectivity index (χ3n) is 3.04. The van der Waals surface area contributed by atoms with Crippen molar-refractivity contribution in [1.29, 1.82) is 0 Å². The molecule has 0 bridgehead atoms. The van der Waals surface area contributed by atoms with Gasteiger partial charge in [0.05, 0.1) is 6.10 Å². The van der Waals surface area contributed by atoms with Crippen LogP contribution in [0, 0.1) is 13.8 Å². The standard InChI is InChI=1S/C15H18OS/c1-11-5-3-4-6-13(11)8-9-14(16)15-10-7-12(2)17-15/h3-7,10,14,16H,8-9H2,1-2H3. The largest absolute Gasteiger partial charge is 0.388 e. The normalized spacial score (nSPS) is 12.6. The maximum atomic E-state index is 10.1. The van der Waals surface area contributed by atoms with E-state index in [2.05, 4.69) is 44.2 Å². The Bertz CT molecular complexity index is 487. The molecule has 2 rings (SSSR count). The summed E-state index contributed by atoms with van der Waals surface area (Å²) in [5.41, 5.74) is 2.64. The van der Waals surface area contributed by atoms with Gasteiger partial charge in [-0.3, -0.25) is 0 Å². The molecule has 1 N–H and O–H groups in total. The molecule has 0 aliphatic carbocycles. The van der Waals surface area contributed by atoms with Crippen molar-refractivity contribution in [3.63, 3.8) is 0 Å². The Labute approximate surface area is 107 Å². The van der Waals surface area contributed by atoms with Crippen LogP contribution < -0.4 is 0 Å². The molecule has 1 atom stereocenters. The summed E-state index contributed by atoms with van der Waals surface area (Å²) < 4.78 is 0. The van der Waals surface area contributed by atoms with Crippen molar-refractivity contribution in [1.82, 2.24) is 0 Å². The number of benzene rings is 1. The molecular formula is C15H18OS. The lowest BCUT2D eigenvalue weighted by molar-refractivity contribution is 0.171. The molecule has 0 saturated carbocycles. The van der Waals surface area contributed by atoms with Crippen molar-refractivity contribution in [2.75, 3.05) is 0 Å². The Hall–Kier alpha value is -1.12. The summed E-state index contributed by atoms with van der Waals surface area (Å²) in [6.45, 7) is 4.19. The molecular weight excluding hydrogens is 228 g/mol. The van der Waals surface area contributed by atoms with Crippen LogP contribution in [0.1, 0.15) is 33.4 Å². The molecule has 1 aromatic carbocycles. The summed E-state index contributed by atoms with van der Waals surface area (Å²) in [4.78, 5) is 2.34. The highest BCUT2D eigenvalue weighted by Crippen LogP contribution is 2.26. The van der Waals surface area contributed by atoms with E-state index in [1.807, 2.05) is 6.07 Å². The molecule has 0 spiro atoms. The van der Waals surface area contributed by atoms with Gasteiger partial charge in [-0.25, -0.2) is 0 Å². The number of thiophene rings is 1. The van der Waals surface area contributed by atoms with E-state index in [0.717, 1.165) is 17.7 Å². The number of aliphatic hydroxyl groups is 1. The Morgan fingerprint density at radius 2 is 1.88 bits per heavy atom. The summed E-state index contributed by atoms with van der Waals surface area (Å²) in [6.07, 6.45) is 1.41. The number of hydrogen-bond acceptors (Lipinski definition) is 2. The smallest absolute Gasteiger partial charge is 0.0885 e. The Morgan fingerprint density at radius 3 is 2.53 bits per heavy atom. The summed E-state index contributed by atoms with van der Waals surface area (Å²) in [5.74, 6) is 0. The molecule has 1 unspecified atom stereocenters. The lowest BCUT2D eigenvalue weighted by Gasteiger charge is -2.10. The van der Waals surface area contributed by atoms with Gasteiger partial charge in [-0.1, -0.05) is 24.3 Å². The molecule has 1 nitrogen and oxygen atoms in total. The Morgan fingerprint density at radius 1 is 1.12 bits per heavy atom. The van der Waals surface area contributed by atoms with Crippen LogP contribution in [0.5, 0.6) is 0 Å². The van der Waals surface area contributed by atoms with Gasteiger partial charge in [-0.05, 0) is 49.9 Å². The topological polar surface area (TPSA) is 20.2 Å². The molecule has 0 radical (unpaired) electrons. The van der Waals surface area contributed by atoms with Gasteiger partial charge in [0.15, 0.2) is 0 Å². The molecule has 0 amide bonds. The zero-order valence-electron chi connectivity index (χ0n) is 10.3. The third kappa shape index (κ3) is 3.18. The fourth-order valence-electron chi connectivity index (χ4n) is 1.96. The zero-order valence-corrected chi connectivity index (χ0v) is 11.1. The molecule has 90 valence electrons. The zero-order chi connectivity index (χ0) is 12.3. The number of aryl methyl sites for hydroxylation is 3. The van der Waals surface area contributed by atoms with Crippen molar-refractivity contribution in [2.24, 2.45) is 0 Å². The number of rotatable bonds is 4. The molecule has 0 saturated heterocycles. The maximum absolute atomic E-state index is 10.1. The van der Waals surface area contributed by atoms with Crippen LogP contribution in [0.25, 0.3) is 0 Å². The number of aliphatic hydroxyl groups excluding tert-OH is 1.